The first kappa shape index (κ1) is 56.1. The third-order valence-electron chi connectivity index (χ3n) is 11.4. The molecular weight excluding hydrogens is 719 g/mol. The van der Waals surface area contributed by atoms with Gasteiger partial charge in [0.25, 0.3) is 0 Å². The highest BCUT2D eigenvalue weighted by Crippen LogP contribution is 2.15. The largest absolute Gasteiger partial charge is 0.466 e. The molecule has 1 amide bonds. The van der Waals surface area contributed by atoms with Gasteiger partial charge >= 0.3 is 5.97 Å². The van der Waals surface area contributed by atoms with Crippen LogP contribution < -0.4 is 5.32 Å². The quantitative estimate of drug-likeness (QED) is 0.0323. The van der Waals surface area contributed by atoms with Gasteiger partial charge in [0.15, 0.2) is 0 Å². The predicted molar refractivity (Wildman–Crippen MR) is 250 cm³/mol. The summed E-state index contributed by atoms with van der Waals surface area (Å²) in [5, 5.41) is 23.1. The second-order valence-corrected chi connectivity index (χ2v) is 17.1. The molecule has 0 aliphatic heterocycles. The fraction of sp³-hybridized carbons (Fsp3) is 0.846. The van der Waals surface area contributed by atoms with Crippen molar-refractivity contribution in [1.82, 2.24) is 5.32 Å². The number of hydrogen-bond donors (Lipinski definition) is 3. The number of aliphatic hydroxyl groups excluding tert-OH is 2. The number of rotatable bonds is 46. The van der Waals surface area contributed by atoms with Crippen molar-refractivity contribution < 1.29 is 24.5 Å². The Balaban J connectivity index is 3.55. The van der Waals surface area contributed by atoms with Crippen molar-refractivity contribution in [2.45, 2.75) is 270 Å². The Kier molecular flexibility index (Phi) is 46.2. The first-order valence-electron chi connectivity index (χ1n) is 25.2. The van der Waals surface area contributed by atoms with Gasteiger partial charge in [-0.3, -0.25) is 9.59 Å². The minimum Gasteiger partial charge on any atom is -0.466 e. The summed E-state index contributed by atoms with van der Waals surface area (Å²) in [5.41, 5.74) is 0. The van der Waals surface area contributed by atoms with Crippen LogP contribution in [0.3, 0.4) is 0 Å². The van der Waals surface area contributed by atoms with Crippen LogP contribution in [0.1, 0.15) is 258 Å². The Morgan fingerprint density at radius 2 is 0.879 bits per heavy atom. The lowest BCUT2D eigenvalue weighted by Crippen LogP contribution is -2.45. The molecule has 0 heterocycles. The fourth-order valence-corrected chi connectivity index (χ4v) is 7.51. The molecule has 2 unspecified atom stereocenters. The van der Waals surface area contributed by atoms with E-state index in [0.29, 0.717) is 32.3 Å². The summed E-state index contributed by atoms with van der Waals surface area (Å²) in [4.78, 5) is 24.4. The molecule has 3 N–H and O–H groups in total. The van der Waals surface area contributed by atoms with Crippen LogP contribution in [0.2, 0.25) is 0 Å². The van der Waals surface area contributed by atoms with Crippen LogP contribution in [-0.4, -0.2) is 47.4 Å². The highest BCUT2D eigenvalue weighted by Gasteiger charge is 2.19. The van der Waals surface area contributed by atoms with Crippen LogP contribution in [0.15, 0.2) is 36.5 Å². The van der Waals surface area contributed by atoms with E-state index in [0.717, 1.165) is 51.4 Å². The van der Waals surface area contributed by atoms with Crippen molar-refractivity contribution in [1.29, 1.82) is 0 Å². The van der Waals surface area contributed by atoms with Gasteiger partial charge in [0.05, 0.1) is 25.4 Å². The molecule has 2 atom stereocenters. The number of hydrogen-bond acceptors (Lipinski definition) is 5. The van der Waals surface area contributed by atoms with Gasteiger partial charge in [-0.2, -0.15) is 0 Å². The molecule has 58 heavy (non-hydrogen) atoms. The molecule has 6 nitrogen and oxygen atoms in total. The molecule has 0 bridgehead atoms. The number of unbranched alkanes of at least 4 members (excludes halogenated alkanes) is 29. The van der Waals surface area contributed by atoms with Gasteiger partial charge in [-0.25, -0.2) is 0 Å². The van der Waals surface area contributed by atoms with E-state index in [1.165, 1.54) is 167 Å². The van der Waals surface area contributed by atoms with Gasteiger partial charge < -0.3 is 20.3 Å². The summed E-state index contributed by atoms with van der Waals surface area (Å²) in [6, 6.07) is -0.585. The van der Waals surface area contributed by atoms with Crippen molar-refractivity contribution in [2.24, 2.45) is 0 Å². The second kappa shape index (κ2) is 47.8. The maximum absolute atomic E-state index is 12.4. The Morgan fingerprint density at radius 3 is 1.36 bits per heavy atom. The van der Waals surface area contributed by atoms with E-state index in [2.05, 4.69) is 49.5 Å². The first-order chi connectivity index (χ1) is 28.5. The monoisotopic (exact) mass is 816 g/mol. The number of aliphatic hydroxyl groups is 2. The average molecular weight is 816 g/mol. The van der Waals surface area contributed by atoms with Gasteiger partial charge in [0.2, 0.25) is 5.91 Å². The molecule has 0 spiro atoms. The zero-order valence-corrected chi connectivity index (χ0v) is 38.5. The highest BCUT2D eigenvalue weighted by molar-refractivity contribution is 5.76. The molecule has 340 valence electrons. The van der Waals surface area contributed by atoms with Crippen molar-refractivity contribution >= 4 is 11.9 Å². The molecule has 0 aliphatic rings. The lowest BCUT2D eigenvalue weighted by molar-refractivity contribution is -0.143. The van der Waals surface area contributed by atoms with Crippen LogP contribution in [0.5, 0.6) is 0 Å². The molecular formula is C52H97NO5. The van der Waals surface area contributed by atoms with Crippen LogP contribution in [0.25, 0.3) is 0 Å². The zero-order valence-electron chi connectivity index (χ0n) is 38.5. The van der Waals surface area contributed by atoms with Crippen molar-refractivity contribution in [3.8, 4) is 0 Å². The Labute approximate surface area is 360 Å². The maximum Gasteiger partial charge on any atom is 0.305 e. The number of nitrogens with one attached hydrogen (secondary N) is 1. The molecule has 0 saturated heterocycles. The van der Waals surface area contributed by atoms with E-state index in [9.17, 15) is 19.8 Å². The third-order valence-corrected chi connectivity index (χ3v) is 11.4. The van der Waals surface area contributed by atoms with E-state index >= 15 is 0 Å². The Hall–Kier alpha value is -1.92. The smallest absolute Gasteiger partial charge is 0.305 e. The van der Waals surface area contributed by atoms with Crippen LogP contribution in [-0.2, 0) is 14.3 Å². The van der Waals surface area contributed by atoms with Crippen molar-refractivity contribution in [2.75, 3.05) is 13.2 Å². The molecule has 0 aliphatic carbocycles. The number of ether oxygens (including phenoxy) is 1. The van der Waals surface area contributed by atoms with Gasteiger partial charge in [0.1, 0.15) is 0 Å². The number of esters is 1. The minimum absolute atomic E-state index is 0.0251. The third kappa shape index (κ3) is 43.7. The normalized spacial score (nSPS) is 13.0. The van der Waals surface area contributed by atoms with E-state index < -0.39 is 12.1 Å². The predicted octanol–water partition coefficient (Wildman–Crippen LogP) is 14.9. The van der Waals surface area contributed by atoms with Crippen LogP contribution in [0, 0.1) is 0 Å². The van der Waals surface area contributed by atoms with E-state index in [4.69, 9.17) is 4.74 Å². The Morgan fingerprint density at radius 1 is 0.483 bits per heavy atom. The average Bonchev–Trinajstić information content (AvgIpc) is 3.22. The summed E-state index contributed by atoms with van der Waals surface area (Å²) >= 11 is 0. The first-order valence-corrected chi connectivity index (χ1v) is 25.2. The lowest BCUT2D eigenvalue weighted by atomic mass is 10.0. The standard InChI is InChI=1S/C52H97NO5/c1-3-5-7-9-11-13-15-17-18-19-22-26-30-34-38-42-46-52(57)58-47-43-39-35-31-27-23-20-21-25-29-33-37-41-45-51(56)53-49(48-54)50(55)44-40-36-32-28-24-16-14-12-10-8-6-4-2/h18-19,21,25,33,37,49-50,54-55H,3-17,20,22-24,26-32,34-36,38-48H2,1-2H3,(H,53,56)/b19-18-,25-21-,37-33-. The van der Waals surface area contributed by atoms with Gasteiger partial charge in [-0.1, -0.05) is 211 Å². The summed E-state index contributed by atoms with van der Waals surface area (Å²) in [6.07, 6.45) is 56.9. The molecule has 0 radical (unpaired) electrons. The van der Waals surface area contributed by atoms with E-state index in [1.807, 2.05) is 6.08 Å². The van der Waals surface area contributed by atoms with E-state index in [1.54, 1.807) is 0 Å². The summed E-state index contributed by atoms with van der Waals surface area (Å²) in [7, 11) is 0. The summed E-state index contributed by atoms with van der Waals surface area (Å²) in [5.74, 6) is -0.142. The lowest BCUT2D eigenvalue weighted by Gasteiger charge is -2.22. The molecule has 0 aromatic carbocycles. The summed E-state index contributed by atoms with van der Waals surface area (Å²) in [6.45, 7) is 4.87. The molecule has 0 fully saturated rings. The molecule has 0 aromatic heterocycles. The van der Waals surface area contributed by atoms with Gasteiger partial charge in [0, 0.05) is 12.8 Å². The fourth-order valence-electron chi connectivity index (χ4n) is 7.51. The summed E-state index contributed by atoms with van der Waals surface area (Å²) < 4.78 is 5.45. The highest BCUT2D eigenvalue weighted by atomic mass is 16.5. The Bertz CT molecular complexity index is 946. The number of allylic oxidation sites excluding steroid dienone is 6. The molecule has 0 saturated carbocycles. The minimum atomic E-state index is -0.698. The molecule has 0 rings (SSSR count). The van der Waals surface area contributed by atoms with Gasteiger partial charge in [-0.05, 0) is 70.6 Å². The zero-order chi connectivity index (χ0) is 42.3. The number of carbonyl (C=O) groups excluding carboxylic acids is 2. The number of carbonyl (C=O) groups is 2. The van der Waals surface area contributed by atoms with Crippen molar-refractivity contribution in [3.05, 3.63) is 36.5 Å². The molecule has 6 heteroatoms. The second-order valence-electron chi connectivity index (χ2n) is 17.1. The van der Waals surface area contributed by atoms with Crippen LogP contribution >= 0.6 is 0 Å². The number of amides is 1. The SMILES string of the molecule is CCCCCCCCC/C=C\CCCCCCCC(=O)OCCCCCCCC/C=C\C/C=C\CCC(=O)NC(CO)C(O)CCCCCCCCCCCCCC. The maximum atomic E-state index is 12.4. The van der Waals surface area contributed by atoms with E-state index in [-0.39, 0.29) is 18.5 Å². The van der Waals surface area contributed by atoms with Crippen molar-refractivity contribution in [3.63, 3.8) is 0 Å². The van der Waals surface area contributed by atoms with Crippen LogP contribution in [0.4, 0.5) is 0 Å². The van der Waals surface area contributed by atoms with Gasteiger partial charge in [-0.15, -0.1) is 0 Å². The topological polar surface area (TPSA) is 95.9 Å². The molecule has 0 aromatic rings.